The topological polar surface area (TPSA) is 35.5 Å². The lowest BCUT2D eigenvalue weighted by atomic mass is 10.3. The first kappa shape index (κ1) is 13.9. The molecule has 0 aromatic heterocycles. The fourth-order valence-electron chi connectivity index (χ4n) is 0.668. The number of allylic oxidation sites excluding steroid dienone is 1. The number of carbonyl (C=O) groups is 1. The number of hydrogen-bond donors (Lipinski definition) is 0. The first-order valence-corrected chi connectivity index (χ1v) is 8.16. The molecule has 0 aliphatic carbocycles. The highest BCUT2D eigenvalue weighted by Gasteiger charge is 2.12. The van der Waals surface area contributed by atoms with E-state index in [0.717, 1.165) is 5.57 Å². The fourth-order valence-corrected chi connectivity index (χ4v) is 1.25. The lowest BCUT2D eigenvalue weighted by molar-refractivity contribution is -0.133. The van der Waals surface area contributed by atoms with E-state index in [4.69, 9.17) is 4.43 Å². The summed E-state index contributed by atoms with van der Waals surface area (Å²) in [6, 6.07) is 0. The Morgan fingerprint density at radius 1 is 1.33 bits per heavy atom. The van der Waals surface area contributed by atoms with Crippen molar-refractivity contribution in [1.29, 1.82) is 0 Å². The van der Waals surface area contributed by atoms with Crippen LogP contribution in [0.5, 0.6) is 0 Å². The molecule has 0 aromatic rings. The minimum Gasteiger partial charge on any atom is -0.459 e. The molecule has 0 N–H and O–H groups in total. The maximum Gasteiger partial charge on any atom is 0.384 e. The van der Waals surface area contributed by atoms with Crippen molar-refractivity contribution in [3.8, 4) is 11.8 Å². The number of rotatable bonds is 3. The van der Waals surface area contributed by atoms with Crippen LogP contribution < -0.4 is 0 Å². The Bertz CT molecular complexity index is 302. The average molecular weight is 226 g/mol. The molecule has 0 heterocycles. The normalized spacial score (nSPS) is 11.7. The number of hydrogen-bond acceptors (Lipinski definition) is 3. The monoisotopic (exact) mass is 226 g/mol. The molecular weight excluding hydrogens is 208 g/mol. The van der Waals surface area contributed by atoms with E-state index in [9.17, 15) is 4.79 Å². The lowest BCUT2D eigenvalue weighted by Gasteiger charge is -2.15. The zero-order valence-corrected chi connectivity index (χ0v) is 11.0. The second-order valence-corrected chi connectivity index (χ2v) is 8.57. The Balaban J connectivity index is 4.09. The standard InChI is InChI=1S/C11H18O3Si/c1-10(6-7-11(12)13-2)8-9-14-15(3,4)5/h8H,9H2,1-5H3/b10-8+. The van der Waals surface area contributed by atoms with E-state index in [2.05, 4.69) is 36.2 Å². The predicted octanol–water partition coefficient (Wildman–Crippen LogP) is 1.96. The first-order chi connectivity index (χ1) is 6.85. The van der Waals surface area contributed by atoms with Crippen LogP contribution in [-0.2, 0) is 14.0 Å². The van der Waals surface area contributed by atoms with E-state index in [0.29, 0.717) is 6.61 Å². The molecular formula is C11H18O3Si. The van der Waals surface area contributed by atoms with Gasteiger partial charge in [0, 0.05) is 5.92 Å². The van der Waals surface area contributed by atoms with Gasteiger partial charge in [0.2, 0.25) is 0 Å². The summed E-state index contributed by atoms with van der Waals surface area (Å²) in [6.45, 7) is 8.75. The molecule has 0 aromatic carbocycles. The molecule has 0 saturated heterocycles. The summed E-state index contributed by atoms with van der Waals surface area (Å²) in [7, 11) is -0.150. The molecule has 0 bridgehead atoms. The molecule has 3 nitrogen and oxygen atoms in total. The second-order valence-electron chi connectivity index (χ2n) is 4.05. The van der Waals surface area contributed by atoms with Crippen LogP contribution in [0.2, 0.25) is 19.6 Å². The Kier molecular flexibility index (Phi) is 5.98. The van der Waals surface area contributed by atoms with Crippen molar-refractivity contribution < 1.29 is 14.0 Å². The van der Waals surface area contributed by atoms with Crippen LogP contribution in [0, 0.1) is 11.8 Å². The van der Waals surface area contributed by atoms with Crippen molar-refractivity contribution in [2.75, 3.05) is 13.7 Å². The van der Waals surface area contributed by atoms with Gasteiger partial charge in [0.15, 0.2) is 8.32 Å². The molecule has 0 unspecified atom stereocenters. The molecule has 0 radical (unpaired) electrons. The number of carbonyl (C=O) groups excluding carboxylic acids is 1. The quantitative estimate of drug-likeness (QED) is 0.319. The second kappa shape index (κ2) is 6.43. The predicted molar refractivity (Wildman–Crippen MR) is 62.8 cm³/mol. The molecule has 0 aliphatic rings. The highest BCUT2D eigenvalue weighted by Crippen LogP contribution is 2.02. The summed E-state index contributed by atoms with van der Waals surface area (Å²) in [5, 5.41) is 0. The van der Waals surface area contributed by atoms with Gasteiger partial charge in [-0.25, -0.2) is 4.79 Å². The maximum absolute atomic E-state index is 10.7. The van der Waals surface area contributed by atoms with Crippen LogP contribution in [0.15, 0.2) is 11.6 Å². The van der Waals surface area contributed by atoms with Gasteiger partial charge in [0.25, 0.3) is 0 Å². The zero-order chi connectivity index (χ0) is 11.9. The SMILES string of the molecule is COC(=O)C#C/C(C)=C/CO[Si](C)(C)C. The molecule has 0 spiro atoms. The van der Waals surface area contributed by atoms with Gasteiger partial charge >= 0.3 is 5.97 Å². The molecule has 0 aliphatic heterocycles. The molecule has 0 rings (SSSR count). The molecule has 0 atom stereocenters. The van der Waals surface area contributed by atoms with Gasteiger partial charge in [-0.15, -0.1) is 0 Å². The van der Waals surface area contributed by atoms with Crippen LogP contribution in [0.4, 0.5) is 0 Å². The third-order valence-corrected chi connectivity index (χ3v) is 2.49. The van der Waals surface area contributed by atoms with Crippen molar-refractivity contribution in [1.82, 2.24) is 0 Å². The molecule has 0 fully saturated rings. The van der Waals surface area contributed by atoms with Gasteiger partial charge < -0.3 is 9.16 Å². The third kappa shape index (κ3) is 9.26. The van der Waals surface area contributed by atoms with Crippen LogP contribution in [0.3, 0.4) is 0 Å². The number of methoxy groups -OCH3 is 1. The van der Waals surface area contributed by atoms with Gasteiger partial charge in [-0.05, 0) is 38.2 Å². The summed E-state index contributed by atoms with van der Waals surface area (Å²) in [5.41, 5.74) is 0.818. The Morgan fingerprint density at radius 3 is 2.40 bits per heavy atom. The van der Waals surface area contributed by atoms with E-state index in [-0.39, 0.29) is 0 Å². The van der Waals surface area contributed by atoms with Gasteiger partial charge in [-0.3, -0.25) is 0 Å². The maximum atomic E-state index is 10.7. The number of esters is 1. The van der Waals surface area contributed by atoms with E-state index in [1.54, 1.807) is 0 Å². The van der Waals surface area contributed by atoms with Gasteiger partial charge in [0.1, 0.15) is 0 Å². The van der Waals surface area contributed by atoms with E-state index < -0.39 is 14.3 Å². The molecule has 0 amide bonds. The van der Waals surface area contributed by atoms with Gasteiger partial charge in [0.05, 0.1) is 13.7 Å². The Hall–Kier alpha value is -1.05. The largest absolute Gasteiger partial charge is 0.459 e. The number of ether oxygens (including phenoxy) is 1. The van der Waals surface area contributed by atoms with Crippen molar-refractivity contribution >= 4 is 14.3 Å². The molecule has 15 heavy (non-hydrogen) atoms. The van der Waals surface area contributed by atoms with Gasteiger partial charge in [-0.2, -0.15) is 0 Å². The summed E-state index contributed by atoms with van der Waals surface area (Å²) in [6.07, 6.45) is 1.87. The Labute approximate surface area is 92.6 Å². The molecule has 4 heteroatoms. The average Bonchev–Trinajstić information content (AvgIpc) is 2.12. The van der Waals surface area contributed by atoms with Crippen LogP contribution in [0.25, 0.3) is 0 Å². The highest BCUT2D eigenvalue weighted by molar-refractivity contribution is 6.69. The minimum absolute atomic E-state index is 0.520. The summed E-state index contributed by atoms with van der Waals surface area (Å²) >= 11 is 0. The van der Waals surface area contributed by atoms with E-state index in [1.165, 1.54) is 7.11 Å². The van der Waals surface area contributed by atoms with E-state index in [1.807, 2.05) is 13.0 Å². The smallest absolute Gasteiger partial charge is 0.384 e. The fraction of sp³-hybridized carbons (Fsp3) is 0.545. The highest BCUT2D eigenvalue weighted by atomic mass is 28.4. The summed E-state index contributed by atoms with van der Waals surface area (Å²) in [5.74, 6) is 4.53. The third-order valence-electron chi connectivity index (χ3n) is 1.45. The summed E-state index contributed by atoms with van der Waals surface area (Å²) < 4.78 is 10.0. The van der Waals surface area contributed by atoms with Crippen molar-refractivity contribution in [2.45, 2.75) is 26.6 Å². The minimum atomic E-state index is -1.46. The molecule has 0 saturated carbocycles. The molecule has 84 valence electrons. The van der Waals surface area contributed by atoms with E-state index >= 15 is 0 Å². The van der Waals surface area contributed by atoms with Crippen molar-refractivity contribution in [3.05, 3.63) is 11.6 Å². The first-order valence-electron chi connectivity index (χ1n) is 4.76. The Morgan fingerprint density at radius 2 is 1.93 bits per heavy atom. The van der Waals surface area contributed by atoms with Crippen LogP contribution in [-0.4, -0.2) is 28.0 Å². The summed E-state index contributed by atoms with van der Waals surface area (Å²) in [4.78, 5) is 10.7. The van der Waals surface area contributed by atoms with Crippen LogP contribution >= 0.6 is 0 Å². The van der Waals surface area contributed by atoms with Gasteiger partial charge in [-0.1, -0.05) is 5.92 Å². The van der Waals surface area contributed by atoms with Crippen LogP contribution in [0.1, 0.15) is 6.92 Å². The van der Waals surface area contributed by atoms with Crippen molar-refractivity contribution in [2.24, 2.45) is 0 Å². The zero-order valence-electron chi connectivity index (χ0n) is 10.0. The lowest BCUT2D eigenvalue weighted by Crippen LogP contribution is -2.25. The van der Waals surface area contributed by atoms with Crippen molar-refractivity contribution in [3.63, 3.8) is 0 Å².